The largest absolute Gasteiger partial charge is 0.361 e. The molecule has 0 unspecified atom stereocenters. The van der Waals surface area contributed by atoms with Crippen molar-refractivity contribution in [1.82, 2.24) is 15.5 Å². The summed E-state index contributed by atoms with van der Waals surface area (Å²) >= 11 is 1.67. The molecule has 4 nitrogen and oxygen atoms in total. The van der Waals surface area contributed by atoms with E-state index in [0.717, 1.165) is 34.3 Å². The third-order valence-corrected chi connectivity index (χ3v) is 3.13. The van der Waals surface area contributed by atoms with Gasteiger partial charge in [-0.15, -0.1) is 11.3 Å². The number of thiazole rings is 1. The first kappa shape index (κ1) is 10.3. The Morgan fingerprint density at radius 1 is 1.47 bits per heavy atom. The van der Waals surface area contributed by atoms with E-state index in [4.69, 9.17) is 4.52 Å². The maximum absolute atomic E-state index is 5.02. The minimum Gasteiger partial charge on any atom is -0.361 e. The van der Waals surface area contributed by atoms with Crippen LogP contribution in [-0.4, -0.2) is 16.7 Å². The minimum atomic E-state index is 0.825. The zero-order valence-corrected chi connectivity index (χ0v) is 9.60. The molecule has 0 atom stereocenters. The van der Waals surface area contributed by atoms with Crippen molar-refractivity contribution in [3.05, 3.63) is 23.2 Å². The van der Waals surface area contributed by atoms with Crippen LogP contribution in [0.3, 0.4) is 0 Å². The van der Waals surface area contributed by atoms with Crippen LogP contribution in [0.5, 0.6) is 0 Å². The predicted octanol–water partition coefficient (Wildman–Crippen LogP) is 2.22. The van der Waals surface area contributed by atoms with Crippen molar-refractivity contribution in [2.45, 2.75) is 20.4 Å². The van der Waals surface area contributed by atoms with Gasteiger partial charge in [0.1, 0.15) is 10.8 Å². The summed E-state index contributed by atoms with van der Waals surface area (Å²) in [6, 6.07) is 0. The van der Waals surface area contributed by atoms with Crippen molar-refractivity contribution in [3.8, 4) is 10.4 Å². The van der Waals surface area contributed by atoms with Crippen molar-refractivity contribution >= 4 is 11.3 Å². The van der Waals surface area contributed by atoms with E-state index in [0.29, 0.717) is 0 Å². The van der Waals surface area contributed by atoms with Gasteiger partial charge < -0.3 is 9.84 Å². The first-order chi connectivity index (χ1) is 7.31. The van der Waals surface area contributed by atoms with E-state index in [1.165, 1.54) is 0 Å². The maximum Gasteiger partial charge on any atom is 0.142 e. The van der Waals surface area contributed by atoms with Gasteiger partial charge in [-0.2, -0.15) is 0 Å². The maximum atomic E-state index is 5.02. The molecule has 0 amide bonds. The molecule has 15 heavy (non-hydrogen) atoms. The average Bonchev–Trinajstić information content (AvgIpc) is 2.83. The Morgan fingerprint density at radius 2 is 2.33 bits per heavy atom. The fourth-order valence-corrected chi connectivity index (χ4v) is 2.23. The van der Waals surface area contributed by atoms with E-state index in [9.17, 15) is 0 Å². The second-order valence-corrected chi connectivity index (χ2v) is 4.31. The lowest BCUT2D eigenvalue weighted by Gasteiger charge is -1.94. The number of nitrogens with zero attached hydrogens (tertiary/aromatic N) is 2. The van der Waals surface area contributed by atoms with Gasteiger partial charge in [-0.3, -0.25) is 0 Å². The molecule has 0 aliphatic heterocycles. The fraction of sp³-hybridized carbons (Fsp3) is 0.400. The fourth-order valence-electron chi connectivity index (χ4n) is 1.28. The zero-order chi connectivity index (χ0) is 10.7. The molecule has 2 heterocycles. The molecular weight excluding hydrogens is 210 g/mol. The summed E-state index contributed by atoms with van der Waals surface area (Å²) in [6.45, 7) is 5.78. The summed E-state index contributed by atoms with van der Waals surface area (Å²) in [6.07, 6.45) is 3.61. The average molecular weight is 223 g/mol. The SMILES string of the molecule is CCNCc1ncc(-c2cnoc2C)s1. The Bertz CT molecular complexity index is 435. The Hall–Kier alpha value is -1.20. The van der Waals surface area contributed by atoms with Gasteiger partial charge in [0, 0.05) is 12.7 Å². The van der Waals surface area contributed by atoms with Crippen LogP contribution in [-0.2, 0) is 6.54 Å². The second-order valence-electron chi connectivity index (χ2n) is 3.19. The molecule has 0 saturated carbocycles. The van der Waals surface area contributed by atoms with Gasteiger partial charge in [0.25, 0.3) is 0 Å². The van der Waals surface area contributed by atoms with Crippen LogP contribution in [0.2, 0.25) is 0 Å². The third kappa shape index (κ3) is 2.24. The van der Waals surface area contributed by atoms with Crippen molar-refractivity contribution in [1.29, 1.82) is 0 Å². The quantitative estimate of drug-likeness (QED) is 0.863. The third-order valence-electron chi connectivity index (χ3n) is 2.10. The van der Waals surface area contributed by atoms with Gasteiger partial charge in [-0.1, -0.05) is 12.1 Å². The molecule has 1 N–H and O–H groups in total. The van der Waals surface area contributed by atoms with Crippen molar-refractivity contribution in [2.75, 3.05) is 6.54 Å². The van der Waals surface area contributed by atoms with Gasteiger partial charge in [-0.25, -0.2) is 4.98 Å². The van der Waals surface area contributed by atoms with Crippen LogP contribution in [0.4, 0.5) is 0 Å². The molecule has 2 aromatic heterocycles. The van der Waals surface area contributed by atoms with Crippen molar-refractivity contribution in [3.63, 3.8) is 0 Å². The lowest BCUT2D eigenvalue weighted by molar-refractivity contribution is 0.398. The number of hydrogen-bond donors (Lipinski definition) is 1. The van der Waals surface area contributed by atoms with Crippen LogP contribution < -0.4 is 5.32 Å². The summed E-state index contributed by atoms with van der Waals surface area (Å²) in [4.78, 5) is 5.45. The second kappa shape index (κ2) is 4.55. The van der Waals surface area contributed by atoms with Gasteiger partial charge in [-0.05, 0) is 13.5 Å². The molecule has 0 saturated heterocycles. The van der Waals surface area contributed by atoms with Gasteiger partial charge >= 0.3 is 0 Å². The van der Waals surface area contributed by atoms with Crippen LogP contribution >= 0.6 is 11.3 Å². The van der Waals surface area contributed by atoms with Gasteiger partial charge in [0.15, 0.2) is 0 Å². The van der Waals surface area contributed by atoms with Gasteiger partial charge in [0.05, 0.1) is 16.6 Å². The molecule has 0 aromatic carbocycles. The summed E-state index contributed by atoms with van der Waals surface area (Å²) in [5, 5.41) is 8.09. The standard InChI is InChI=1S/C10H13N3OS/c1-3-11-6-10-12-5-9(15-10)8-4-13-14-7(8)2/h4-5,11H,3,6H2,1-2H3. The Kier molecular flexibility index (Phi) is 3.13. The smallest absolute Gasteiger partial charge is 0.142 e. The van der Waals surface area contributed by atoms with E-state index < -0.39 is 0 Å². The topological polar surface area (TPSA) is 51.0 Å². The highest BCUT2D eigenvalue weighted by Crippen LogP contribution is 2.28. The molecule has 80 valence electrons. The molecular formula is C10H13N3OS. The number of hydrogen-bond acceptors (Lipinski definition) is 5. The molecule has 0 aliphatic carbocycles. The number of nitrogens with one attached hydrogen (secondary N) is 1. The minimum absolute atomic E-state index is 0.825. The van der Waals surface area contributed by atoms with Crippen LogP contribution in [0, 0.1) is 6.92 Å². The van der Waals surface area contributed by atoms with Crippen LogP contribution in [0.25, 0.3) is 10.4 Å². The highest BCUT2D eigenvalue weighted by atomic mass is 32.1. The number of rotatable bonds is 4. The van der Waals surface area contributed by atoms with Crippen molar-refractivity contribution in [2.24, 2.45) is 0 Å². The molecule has 0 spiro atoms. The highest BCUT2D eigenvalue weighted by molar-refractivity contribution is 7.15. The lowest BCUT2D eigenvalue weighted by atomic mass is 10.2. The molecule has 2 aromatic rings. The van der Waals surface area contributed by atoms with E-state index in [1.807, 2.05) is 13.1 Å². The molecule has 0 radical (unpaired) electrons. The van der Waals surface area contributed by atoms with Crippen molar-refractivity contribution < 1.29 is 4.52 Å². The van der Waals surface area contributed by atoms with E-state index in [1.54, 1.807) is 17.5 Å². The number of aryl methyl sites for hydroxylation is 1. The zero-order valence-electron chi connectivity index (χ0n) is 8.78. The van der Waals surface area contributed by atoms with Crippen LogP contribution in [0.15, 0.2) is 16.9 Å². The van der Waals surface area contributed by atoms with E-state index in [-0.39, 0.29) is 0 Å². The highest BCUT2D eigenvalue weighted by Gasteiger charge is 2.09. The predicted molar refractivity (Wildman–Crippen MR) is 59.7 cm³/mol. The summed E-state index contributed by atoms with van der Waals surface area (Å²) < 4.78 is 5.02. The summed E-state index contributed by atoms with van der Waals surface area (Å²) in [5.74, 6) is 0.841. The molecule has 0 aliphatic rings. The Labute approximate surface area is 92.3 Å². The molecule has 5 heteroatoms. The van der Waals surface area contributed by atoms with E-state index >= 15 is 0 Å². The molecule has 0 fully saturated rings. The monoisotopic (exact) mass is 223 g/mol. The van der Waals surface area contributed by atoms with Crippen LogP contribution in [0.1, 0.15) is 17.7 Å². The first-order valence-electron chi connectivity index (χ1n) is 4.88. The Balaban J connectivity index is 2.17. The first-order valence-corrected chi connectivity index (χ1v) is 5.70. The summed E-state index contributed by atoms with van der Waals surface area (Å²) in [5.41, 5.74) is 1.04. The lowest BCUT2D eigenvalue weighted by Crippen LogP contribution is -2.11. The number of aromatic nitrogens is 2. The van der Waals surface area contributed by atoms with E-state index in [2.05, 4.69) is 22.4 Å². The normalized spacial score (nSPS) is 10.8. The van der Waals surface area contributed by atoms with Gasteiger partial charge in [0.2, 0.25) is 0 Å². The molecule has 0 bridgehead atoms. The Morgan fingerprint density at radius 3 is 3.00 bits per heavy atom. The summed E-state index contributed by atoms with van der Waals surface area (Å²) in [7, 11) is 0. The molecule has 2 rings (SSSR count).